The lowest BCUT2D eigenvalue weighted by atomic mass is 9.99. The van der Waals surface area contributed by atoms with Crippen LogP contribution in [0.1, 0.15) is 19.8 Å². The van der Waals surface area contributed by atoms with Crippen LogP contribution in [-0.4, -0.2) is 36.6 Å². The van der Waals surface area contributed by atoms with Crippen LogP contribution in [0.2, 0.25) is 0 Å². The molecule has 70 valence electrons. The van der Waals surface area contributed by atoms with Gasteiger partial charge in [0.2, 0.25) is 0 Å². The maximum absolute atomic E-state index is 10.6. The Balaban J connectivity index is 2.35. The van der Waals surface area contributed by atoms with Crippen molar-refractivity contribution >= 4 is 6.03 Å². The Bertz CT molecular complexity index is 172. The topological polar surface area (TPSA) is 58.4 Å². The van der Waals surface area contributed by atoms with Crippen molar-refractivity contribution in [3.05, 3.63) is 0 Å². The number of carbonyl (C=O) groups is 1. The van der Waals surface area contributed by atoms with Crippen LogP contribution in [0.25, 0.3) is 0 Å². The van der Waals surface area contributed by atoms with Gasteiger partial charge in [0, 0.05) is 18.6 Å². The molecule has 1 aliphatic rings. The summed E-state index contributed by atoms with van der Waals surface area (Å²) in [6.07, 6.45) is 2.00. The largest absolute Gasteiger partial charge is 0.352 e. The molecule has 3 N–H and O–H groups in total. The van der Waals surface area contributed by atoms with Crippen LogP contribution in [0.15, 0.2) is 0 Å². The summed E-state index contributed by atoms with van der Waals surface area (Å²) >= 11 is 0. The van der Waals surface area contributed by atoms with E-state index in [0.29, 0.717) is 6.04 Å². The lowest BCUT2D eigenvalue weighted by molar-refractivity contribution is 0.169. The van der Waals surface area contributed by atoms with Gasteiger partial charge in [-0.05, 0) is 26.8 Å². The fourth-order valence-corrected chi connectivity index (χ4v) is 1.62. The molecule has 0 saturated carbocycles. The van der Waals surface area contributed by atoms with Crippen LogP contribution in [0.3, 0.4) is 0 Å². The predicted molar refractivity (Wildman–Crippen MR) is 47.8 cm³/mol. The molecule has 0 radical (unpaired) electrons. The number of amides is 2. The number of likely N-dealkylation sites (tertiary alicyclic amines) is 1. The average Bonchev–Trinajstić information content (AvgIpc) is 1.96. The number of nitrogens with one attached hydrogen (secondary N) is 1. The summed E-state index contributed by atoms with van der Waals surface area (Å²) in [7, 11) is 2.10. The molecule has 0 bridgehead atoms. The summed E-state index contributed by atoms with van der Waals surface area (Å²) in [5.74, 6) is 0. The first kappa shape index (κ1) is 9.32. The van der Waals surface area contributed by atoms with E-state index in [-0.39, 0.29) is 6.04 Å². The lowest BCUT2D eigenvalue weighted by Crippen LogP contribution is -2.48. The molecule has 1 fully saturated rings. The first-order valence-corrected chi connectivity index (χ1v) is 4.36. The number of hydrogen-bond donors (Lipinski definition) is 2. The maximum Gasteiger partial charge on any atom is 0.312 e. The van der Waals surface area contributed by atoms with Crippen molar-refractivity contribution in [1.82, 2.24) is 10.2 Å². The molecule has 1 rings (SSSR count). The maximum atomic E-state index is 10.6. The molecule has 0 aromatic carbocycles. The van der Waals surface area contributed by atoms with Crippen LogP contribution in [-0.2, 0) is 0 Å². The number of nitrogens with zero attached hydrogens (tertiary/aromatic N) is 1. The Kier molecular flexibility index (Phi) is 2.92. The average molecular weight is 171 g/mol. The fourth-order valence-electron chi connectivity index (χ4n) is 1.62. The summed E-state index contributed by atoms with van der Waals surface area (Å²) in [5.41, 5.74) is 5.04. The third-order valence-electron chi connectivity index (χ3n) is 2.55. The van der Waals surface area contributed by atoms with E-state index in [2.05, 4.69) is 24.2 Å². The van der Waals surface area contributed by atoms with Gasteiger partial charge in [-0.2, -0.15) is 0 Å². The second kappa shape index (κ2) is 3.76. The van der Waals surface area contributed by atoms with E-state index in [9.17, 15) is 4.79 Å². The van der Waals surface area contributed by atoms with E-state index < -0.39 is 6.03 Å². The van der Waals surface area contributed by atoms with E-state index in [0.717, 1.165) is 19.4 Å². The normalized spacial score (nSPS) is 31.5. The molecule has 4 heteroatoms. The van der Waals surface area contributed by atoms with Gasteiger partial charge in [-0.1, -0.05) is 0 Å². The molecular weight excluding hydrogens is 154 g/mol. The van der Waals surface area contributed by atoms with Gasteiger partial charge in [-0.25, -0.2) is 4.79 Å². The van der Waals surface area contributed by atoms with Gasteiger partial charge in [0.05, 0.1) is 0 Å². The van der Waals surface area contributed by atoms with Crippen LogP contribution in [0.5, 0.6) is 0 Å². The highest BCUT2D eigenvalue weighted by Gasteiger charge is 2.22. The third kappa shape index (κ3) is 2.37. The molecule has 0 aromatic rings. The molecule has 12 heavy (non-hydrogen) atoms. The van der Waals surface area contributed by atoms with Crippen molar-refractivity contribution in [2.45, 2.75) is 31.8 Å². The number of hydrogen-bond acceptors (Lipinski definition) is 2. The van der Waals surface area contributed by atoms with Gasteiger partial charge in [0.25, 0.3) is 0 Å². The molecule has 1 saturated heterocycles. The van der Waals surface area contributed by atoms with Crippen molar-refractivity contribution < 1.29 is 4.79 Å². The monoisotopic (exact) mass is 171 g/mol. The molecule has 4 nitrogen and oxygen atoms in total. The van der Waals surface area contributed by atoms with Crippen LogP contribution < -0.4 is 11.1 Å². The number of piperidine rings is 1. The predicted octanol–water partition coefficient (Wildman–Crippen LogP) is 0.137. The number of nitrogens with two attached hydrogens (primary N) is 1. The Morgan fingerprint density at radius 3 is 2.83 bits per heavy atom. The standard InChI is InChI=1S/C8H17N3O/c1-6-5-7(10-8(9)12)3-4-11(6)2/h6-7H,3-5H2,1-2H3,(H3,9,10,12). The van der Waals surface area contributed by atoms with Crippen molar-refractivity contribution in [2.24, 2.45) is 5.73 Å². The van der Waals surface area contributed by atoms with Gasteiger partial charge in [-0.15, -0.1) is 0 Å². The highest BCUT2D eigenvalue weighted by atomic mass is 16.2. The minimum absolute atomic E-state index is 0.272. The summed E-state index contributed by atoms with van der Waals surface area (Å²) < 4.78 is 0. The zero-order valence-electron chi connectivity index (χ0n) is 7.71. The highest BCUT2D eigenvalue weighted by Crippen LogP contribution is 2.14. The highest BCUT2D eigenvalue weighted by molar-refractivity contribution is 5.71. The molecule has 0 aromatic heterocycles. The van der Waals surface area contributed by atoms with E-state index in [1.807, 2.05) is 0 Å². The van der Waals surface area contributed by atoms with Crippen molar-refractivity contribution in [2.75, 3.05) is 13.6 Å². The van der Waals surface area contributed by atoms with Gasteiger partial charge in [-0.3, -0.25) is 0 Å². The zero-order valence-corrected chi connectivity index (χ0v) is 7.71. The van der Waals surface area contributed by atoms with Crippen molar-refractivity contribution in [1.29, 1.82) is 0 Å². The van der Waals surface area contributed by atoms with E-state index in [1.54, 1.807) is 0 Å². The molecule has 2 amide bonds. The van der Waals surface area contributed by atoms with E-state index in [1.165, 1.54) is 0 Å². The number of carbonyl (C=O) groups excluding carboxylic acids is 1. The summed E-state index contributed by atoms with van der Waals surface area (Å²) in [5, 5.41) is 2.74. The quantitative estimate of drug-likeness (QED) is 0.589. The Morgan fingerprint density at radius 1 is 1.67 bits per heavy atom. The first-order valence-electron chi connectivity index (χ1n) is 4.36. The Morgan fingerprint density at radius 2 is 2.33 bits per heavy atom. The summed E-state index contributed by atoms with van der Waals surface area (Å²) in [6.45, 7) is 3.20. The zero-order chi connectivity index (χ0) is 9.14. The molecule has 0 spiro atoms. The second-order valence-corrected chi connectivity index (χ2v) is 3.56. The van der Waals surface area contributed by atoms with Crippen molar-refractivity contribution in [3.63, 3.8) is 0 Å². The molecular formula is C8H17N3O. The first-order chi connectivity index (χ1) is 5.59. The van der Waals surface area contributed by atoms with E-state index >= 15 is 0 Å². The van der Waals surface area contributed by atoms with Gasteiger partial charge < -0.3 is 16.0 Å². The minimum Gasteiger partial charge on any atom is -0.352 e. The number of urea groups is 1. The van der Waals surface area contributed by atoms with Crippen molar-refractivity contribution in [3.8, 4) is 0 Å². The molecule has 1 aliphatic heterocycles. The second-order valence-electron chi connectivity index (χ2n) is 3.56. The lowest BCUT2D eigenvalue weighted by Gasteiger charge is -2.34. The Labute approximate surface area is 73.1 Å². The van der Waals surface area contributed by atoms with Crippen LogP contribution in [0.4, 0.5) is 4.79 Å². The van der Waals surface area contributed by atoms with Gasteiger partial charge in [0.1, 0.15) is 0 Å². The van der Waals surface area contributed by atoms with E-state index in [4.69, 9.17) is 5.73 Å². The molecule has 2 unspecified atom stereocenters. The van der Waals surface area contributed by atoms with Gasteiger partial charge in [0.15, 0.2) is 0 Å². The summed E-state index contributed by atoms with van der Waals surface area (Å²) in [4.78, 5) is 12.8. The number of primary amides is 1. The minimum atomic E-state index is -0.406. The SMILES string of the molecule is CC1CC(NC(N)=O)CCN1C. The third-order valence-corrected chi connectivity index (χ3v) is 2.55. The number of rotatable bonds is 1. The smallest absolute Gasteiger partial charge is 0.312 e. The van der Waals surface area contributed by atoms with Gasteiger partial charge >= 0.3 is 6.03 Å². The van der Waals surface area contributed by atoms with Crippen LogP contribution >= 0.6 is 0 Å². The molecule has 0 aliphatic carbocycles. The van der Waals surface area contributed by atoms with Crippen LogP contribution in [0, 0.1) is 0 Å². The Hall–Kier alpha value is -0.770. The fraction of sp³-hybridized carbons (Fsp3) is 0.875. The molecule has 1 heterocycles. The summed E-state index contributed by atoms with van der Waals surface area (Å²) in [6, 6.07) is 0.404. The molecule has 2 atom stereocenters.